The number of piperazine rings is 1. The van der Waals surface area contributed by atoms with E-state index < -0.39 is 0 Å². The molecule has 0 atom stereocenters. The Morgan fingerprint density at radius 1 is 1.22 bits per heavy atom. The monoisotopic (exact) mass is 393 g/mol. The maximum atomic E-state index is 11.4. The number of halogens is 1. The molecular weight excluding hydrogens is 374 g/mol. The molecule has 1 aromatic carbocycles. The van der Waals surface area contributed by atoms with Crippen molar-refractivity contribution in [3.05, 3.63) is 38.6 Å². The van der Waals surface area contributed by atoms with Crippen LogP contribution in [0.25, 0.3) is 11.3 Å². The Kier molecular flexibility index (Phi) is 5.14. The van der Waals surface area contributed by atoms with Crippen LogP contribution < -0.4 is 0 Å². The van der Waals surface area contributed by atoms with Crippen LogP contribution in [0.4, 0.5) is 0 Å². The minimum absolute atomic E-state index is 0.173. The summed E-state index contributed by atoms with van der Waals surface area (Å²) >= 11 is 5.24. The number of aromatic nitrogens is 1. The van der Waals surface area contributed by atoms with Gasteiger partial charge in [0.1, 0.15) is 5.01 Å². The lowest BCUT2D eigenvalue weighted by Gasteiger charge is -2.33. The molecule has 1 aromatic heterocycles. The van der Waals surface area contributed by atoms with Crippen molar-refractivity contribution in [2.75, 3.05) is 26.2 Å². The van der Waals surface area contributed by atoms with Gasteiger partial charge in [0.25, 0.3) is 0 Å². The van der Waals surface area contributed by atoms with Crippen LogP contribution in [0.3, 0.4) is 0 Å². The number of benzene rings is 1. The standard InChI is InChI=1S/C17H20BrN3OS/c1-12-17(14-3-5-15(18)6-4-14)19-16(23-12)11-20-7-9-21(10-8-20)13(2)22/h3-6H,7-11H2,1-2H3. The summed E-state index contributed by atoms with van der Waals surface area (Å²) in [5.74, 6) is 0.173. The second-order valence-electron chi connectivity index (χ2n) is 5.80. The second kappa shape index (κ2) is 7.11. The number of nitrogens with zero attached hydrogens (tertiary/aromatic N) is 3. The summed E-state index contributed by atoms with van der Waals surface area (Å²) in [4.78, 5) is 21.8. The smallest absolute Gasteiger partial charge is 0.219 e. The molecule has 0 bridgehead atoms. The van der Waals surface area contributed by atoms with Crippen LogP contribution in [-0.4, -0.2) is 46.9 Å². The molecule has 2 heterocycles. The van der Waals surface area contributed by atoms with Gasteiger partial charge in [0.05, 0.1) is 12.2 Å². The van der Waals surface area contributed by atoms with Gasteiger partial charge >= 0.3 is 0 Å². The van der Waals surface area contributed by atoms with E-state index in [9.17, 15) is 4.79 Å². The van der Waals surface area contributed by atoms with Crippen molar-refractivity contribution in [2.45, 2.75) is 20.4 Å². The third-order valence-electron chi connectivity index (χ3n) is 4.14. The summed E-state index contributed by atoms with van der Waals surface area (Å²) in [7, 11) is 0. The molecule has 0 spiro atoms. The first kappa shape index (κ1) is 16.6. The Balaban J connectivity index is 1.67. The zero-order valence-electron chi connectivity index (χ0n) is 13.4. The number of aryl methyl sites for hydroxylation is 1. The lowest BCUT2D eigenvalue weighted by atomic mass is 10.1. The van der Waals surface area contributed by atoms with E-state index >= 15 is 0 Å². The van der Waals surface area contributed by atoms with E-state index in [-0.39, 0.29) is 5.91 Å². The highest BCUT2D eigenvalue weighted by atomic mass is 79.9. The summed E-state index contributed by atoms with van der Waals surface area (Å²) in [6.45, 7) is 8.13. The number of carbonyl (C=O) groups excluding carboxylic acids is 1. The van der Waals surface area contributed by atoms with Gasteiger partial charge in [0.2, 0.25) is 5.91 Å². The van der Waals surface area contributed by atoms with Crippen LogP contribution in [-0.2, 0) is 11.3 Å². The summed E-state index contributed by atoms with van der Waals surface area (Å²) in [6.07, 6.45) is 0. The summed E-state index contributed by atoms with van der Waals surface area (Å²) < 4.78 is 1.08. The van der Waals surface area contributed by atoms with Crippen molar-refractivity contribution in [3.8, 4) is 11.3 Å². The van der Waals surface area contributed by atoms with Gasteiger partial charge in [-0.2, -0.15) is 0 Å². The fraction of sp³-hybridized carbons (Fsp3) is 0.412. The molecule has 0 radical (unpaired) electrons. The molecule has 0 aliphatic carbocycles. The maximum absolute atomic E-state index is 11.4. The van der Waals surface area contributed by atoms with Crippen molar-refractivity contribution in [1.82, 2.24) is 14.8 Å². The molecule has 6 heteroatoms. The molecule has 1 fully saturated rings. The topological polar surface area (TPSA) is 36.4 Å². The predicted molar refractivity (Wildman–Crippen MR) is 97.5 cm³/mol. The van der Waals surface area contributed by atoms with Crippen LogP contribution in [0.2, 0.25) is 0 Å². The van der Waals surface area contributed by atoms with Gasteiger partial charge in [0, 0.05) is 48.0 Å². The van der Waals surface area contributed by atoms with Crippen molar-refractivity contribution in [2.24, 2.45) is 0 Å². The van der Waals surface area contributed by atoms with E-state index in [0.29, 0.717) is 0 Å². The molecule has 1 aliphatic heterocycles. The third-order valence-corrected chi connectivity index (χ3v) is 5.62. The van der Waals surface area contributed by atoms with Gasteiger partial charge in [0.15, 0.2) is 0 Å². The molecule has 0 unspecified atom stereocenters. The first-order valence-corrected chi connectivity index (χ1v) is 9.34. The quantitative estimate of drug-likeness (QED) is 0.799. The van der Waals surface area contributed by atoms with Crippen molar-refractivity contribution in [1.29, 1.82) is 0 Å². The van der Waals surface area contributed by atoms with Gasteiger partial charge < -0.3 is 4.90 Å². The molecule has 4 nitrogen and oxygen atoms in total. The number of rotatable bonds is 3. The largest absolute Gasteiger partial charge is 0.340 e. The lowest BCUT2D eigenvalue weighted by molar-refractivity contribution is -0.130. The second-order valence-corrected chi connectivity index (χ2v) is 8.00. The van der Waals surface area contributed by atoms with E-state index in [1.54, 1.807) is 18.3 Å². The van der Waals surface area contributed by atoms with E-state index in [4.69, 9.17) is 4.98 Å². The van der Waals surface area contributed by atoms with E-state index in [2.05, 4.69) is 52.0 Å². The Hall–Kier alpha value is -1.24. The average Bonchev–Trinajstić information content (AvgIpc) is 2.89. The fourth-order valence-electron chi connectivity index (χ4n) is 2.81. The minimum Gasteiger partial charge on any atom is -0.340 e. The van der Waals surface area contributed by atoms with Crippen LogP contribution >= 0.6 is 27.3 Å². The minimum atomic E-state index is 0.173. The van der Waals surface area contributed by atoms with Gasteiger partial charge in [-0.05, 0) is 19.1 Å². The molecule has 1 amide bonds. The summed E-state index contributed by atoms with van der Waals surface area (Å²) in [6, 6.07) is 8.30. The Morgan fingerprint density at radius 3 is 2.48 bits per heavy atom. The van der Waals surface area contributed by atoms with Gasteiger partial charge in [-0.25, -0.2) is 4.98 Å². The Labute approximate surface area is 149 Å². The summed E-state index contributed by atoms with van der Waals surface area (Å²) in [5.41, 5.74) is 2.24. The Bertz CT molecular complexity index is 690. The first-order valence-electron chi connectivity index (χ1n) is 7.73. The molecule has 2 aromatic rings. The molecule has 0 saturated carbocycles. The van der Waals surface area contributed by atoms with Crippen LogP contribution in [0.15, 0.2) is 28.7 Å². The van der Waals surface area contributed by atoms with Crippen molar-refractivity contribution in [3.63, 3.8) is 0 Å². The molecule has 0 N–H and O–H groups in total. The van der Waals surface area contributed by atoms with E-state index in [1.165, 1.54) is 4.88 Å². The molecular formula is C17H20BrN3OS. The van der Waals surface area contributed by atoms with E-state index in [0.717, 1.165) is 53.5 Å². The lowest BCUT2D eigenvalue weighted by Crippen LogP contribution is -2.47. The zero-order valence-corrected chi connectivity index (χ0v) is 15.8. The SMILES string of the molecule is CC(=O)N1CCN(Cc2nc(-c3ccc(Br)cc3)c(C)s2)CC1. The molecule has 1 aliphatic rings. The average molecular weight is 394 g/mol. The van der Waals surface area contributed by atoms with Gasteiger partial charge in [-0.1, -0.05) is 28.1 Å². The molecule has 122 valence electrons. The highest BCUT2D eigenvalue weighted by Crippen LogP contribution is 2.29. The highest BCUT2D eigenvalue weighted by molar-refractivity contribution is 9.10. The molecule has 23 heavy (non-hydrogen) atoms. The Morgan fingerprint density at radius 2 is 1.87 bits per heavy atom. The zero-order chi connectivity index (χ0) is 16.4. The van der Waals surface area contributed by atoms with Gasteiger partial charge in [-0.3, -0.25) is 9.69 Å². The van der Waals surface area contributed by atoms with Crippen molar-refractivity contribution >= 4 is 33.2 Å². The maximum Gasteiger partial charge on any atom is 0.219 e. The first-order chi connectivity index (χ1) is 11.0. The van der Waals surface area contributed by atoms with Crippen LogP contribution in [0.1, 0.15) is 16.8 Å². The summed E-state index contributed by atoms with van der Waals surface area (Å²) in [5, 5.41) is 1.15. The number of carbonyl (C=O) groups is 1. The van der Waals surface area contributed by atoms with E-state index in [1.807, 2.05) is 4.90 Å². The van der Waals surface area contributed by atoms with Crippen molar-refractivity contribution < 1.29 is 4.79 Å². The number of amides is 1. The fourth-order valence-corrected chi connectivity index (χ4v) is 4.07. The van der Waals surface area contributed by atoms with Crippen LogP contribution in [0, 0.1) is 6.92 Å². The third kappa shape index (κ3) is 4.00. The normalized spacial score (nSPS) is 15.9. The van der Waals surface area contributed by atoms with Crippen LogP contribution in [0.5, 0.6) is 0 Å². The number of hydrogen-bond acceptors (Lipinski definition) is 4. The predicted octanol–water partition coefficient (Wildman–Crippen LogP) is 3.55. The number of thiazole rings is 1. The molecule has 3 rings (SSSR count). The van der Waals surface area contributed by atoms with Gasteiger partial charge in [-0.15, -0.1) is 11.3 Å². The molecule has 1 saturated heterocycles. The number of hydrogen-bond donors (Lipinski definition) is 0. The highest BCUT2D eigenvalue weighted by Gasteiger charge is 2.20.